The second kappa shape index (κ2) is 4.95. The summed E-state index contributed by atoms with van der Waals surface area (Å²) in [5, 5.41) is 9.60. The van der Waals surface area contributed by atoms with Crippen LogP contribution in [0.25, 0.3) is 0 Å². The maximum atomic E-state index is 9.60. The molecule has 0 unspecified atom stereocenters. The van der Waals surface area contributed by atoms with Gasteiger partial charge in [0.05, 0.1) is 11.9 Å². The number of aryl methyl sites for hydroxylation is 1. The standard InChI is InChI=1S/C9H16N2O.HI/c1-4-5-8-10-6-7(11-8)9(2,3)12;/h6,12H,4-5H2,1-3H3,(H,10,11);1H. The maximum absolute atomic E-state index is 9.60. The Morgan fingerprint density at radius 1 is 1.54 bits per heavy atom. The lowest BCUT2D eigenvalue weighted by atomic mass is 10.1. The molecule has 0 atom stereocenters. The van der Waals surface area contributed by atoms with Crippen LogP contribution < -0.4 is 0 Å². The molecule has 0 amide bonds. The first kappa shape index (κ1) is 12.9. The third kappa shape index (κ3) is 3.64. The van der Waals surface area contributed by atoms with Gasteiger partial charge in [0.2, 0.25) is 0 Å². The van der Waals surface area contributed by atoms with Gasteiger partial charge < -0.3 is 10.1 Å². The molecule has 1 heterocycles. The molecule has 0 aliphatic rings. The molecule has 1 aromatic rings. The Morgan fingerprint density at radius 2 is 2.15 bits per heavy atom. The van der Waals surface area contributed by atoms with Crippen molar-refractivity contribution in [2.75, 3.05) is 0 Å². The van der Waals surface area contributed by atoms with Crippen LogP contribution in [0.2, 0.25) is 0 Å². The van der Waals surface area contributed by atoms with Gasteiger partial charge in [-0.05, 0) is 20.3 Å². The zero-order valence-corrected chi connectivity index (χ0v) is 10.6. The third-order valence-electron chi connectivity index (χ3n) is 1.77. The number of nitrogens with one attached hydrogen (secondary N) is 1. The molecular weight excluding hydrogens is 279 g/mol. The molecule has 76 valence electrons. The number of imidazole rings is 1. The number of aromatic amines is 1. The molecule has 0 saturated carbocycles. The number of hydrogen-bond donors (Lipinski definition) is 2. The smallest absolute Gasteiger partial charge is 0.106 e. The Hall–Kier alpha value is -0.100. The largest absolute Gasteiger partial charge is 0.384 e. The van der Waals surface area contributed by atoms with Gasteiger partial charge in [-0.2, -0.15) is 0 Å². The molecule has 0 saturated heterocycles. The van der Waals surface area contributed by atoms with E-state index < -0.39 is 5.60 Å². The fourth-order valence-electron chi connectivity index (χ4n) is 1.04. The number of H-pyrrole nitrogens is 1. The minimum absolute atomic E-state index is 0. The minimum Gasteiger partial charge on any atom is -0.384 e. The van der Waals surface area contributed by atoms with Crippen LogP contribution in [-0.2, 0) is 12.0 Å². The van der Waals surface area contributed by atoms with E-state index >= 15 is 0 Å². The third-order valence-corrected chi connectivity index (χ3v) is 1.77. The Bertz CT molecular complexity index is 252. The number of nitrogens with zero attached hydrogens (tertiary/aromatic N) is 1. The van der Waals surface area contributed by atoms with Gasteiger partial charge in [-0.1, -0.05) is 6.92 Å². The Morgan fingerprint density at radius 3 is 2.54 bits per heavy atom. The van der Waals surface area contributed by atoms with Crippen LogP contribution in [0, 0.1) is 0 Å². The summed E-state index contributed by atoms with van der Waals surface area (Å²) in [6, 6.07) is 0. The molecule has 1 aromatic heterocycles. The number of aromatic nitrogens is 2. The summed E-state index contributed by atoms with van der Waals surface area (Å²) >= 11 is 0. The Labute approximate surface area is 96.0 Å². The predicted molar refractivity (Wildman–Crippen MR) is 63.2 cm³/mol. The van der Waals surface area contributed by atoms with Crippen LogP contribution in [0.5, 0.6) is 0 Å². The van der Waals surface area contributed by atoms with Crippen molar-refractivity contribution >= 4 is 24.0 Å². The van der Waals surface area contributed by atoms with Crippen molar-refractivity contribution in [2.24, 2.45) is 0 Å². The summed E-state index contributed by atoms with van der Waals surface area (Å²) in [4.78, 5) is 7.25. The number of rotatable bonds is 3. The fraction of sp³-hybridized carbons (Fsp3) is 0.667. The molecule has 0 bridgehead atoms. The maximum Gasteiger partial charge on any atom is 0.106 e. The minimum atomic E-state index is -0.807. The normalized spacial score (nSPS) is 11.1. The molecule has 0 aliphatic heterocycles. The molecule has 0 spiro atoms. The fourth-order valence-corrected chi connectivity index (χ4v) is 1.04. The van der Waals surface area contributed by atoms with Gasteiger partial charge >= 0.3 is 0 Å². The Balaban J connectivity index is 0.00000144. The second-order valence-corrected chi connectivity index (χ2v) is 3.55. The van der Waals surface area contributed by atoms with Crippen molar-refractivity contribution in [2.45, 2.75) is 39.2 Å². The first-order chi connectivity index (χ1) is 5.54. The van der Waals surface area contributed by atoms with Crippen LogP contribution in [0.4, 0.5) is 0 Å². The molecule has 3 nitrogen and oxygen atoms in total. The SMILES string of the molecule is CCCc1ncc(C(C)(C)O)[nH]1.I. The highest BCUT2D eigenvalue weighted by Crippen LogP contribution is 2.16. The van der Waals surface area contributed by atoms with E-state index in [9.17, 15) is 5.11 Å². The number of aliphatic hydroxyl groups is 1. The van der Waals surface area contributed by atoms with Crippen molar-refractivity contribution in [3.05, 3.63) is 17.7 Å². The van der Waals surface area contributed by atoms with E-state index in [1.807, 2.05) is 0 Å². The molecule has 0 aliphatic carbocycles. The van der Waals surface area contributed by atoms with E-state index in [4.69, 9.17) is 0 Å². The zero-order valence-electron chi connectivity index (χ0n) is 8.29. The zero-order chi connectivity index (χ0) is 9.19. The highest BCUT2D eigenvalue weighted by molar-refractivity contribution is 14.0. The van der Waals surface area contributed by atoms with Gasteiger partial charge in [0.1, 0.15) is 11.4 Å². The van der Waals surface area contributed by atoms with Crippen LogP contribution >= 0.6 is 24.0 Å². The highest BCUT2D eigenvalue weighted by Gasteiger charge is 2.18. The number of halogens is 1. The van der Waals surface area contributed by atoms with Crippen molar-refractivity contribution in [3.63, 3.8) is 0 Å². The van der Waals surface area contributed by atoms with E-state index in [-0.39, 0.29) is 24.0 Å². The van der Waals surface area contributed by atoms with Gasteiger partial charge in [0, 0.05) is 6.42 Å². The second-order valence-electron chi connectivity index (χ2n) is 3.55. The molecule has 1 rings (SSSR count). The monoisotopic (exact) mass is 296 g/mol. The van der Waals surface area contributed by atoms with Crippen LogP contribution in [0.15, 0.2) is 6.20 Å². The van der Waals surface area contributed by atoms with Gasteiger partial charge in [-0.3, -0.25) is 0 Å². The molecule has 0 aromatic carbocycles. The first-order valence-electron chi connectivity index (χ1n) is 4.30. The summed E-state index contributed by atoms with van der Waals surface area (Å²) < 4.78 is 0. The van der Waals surface area contributed by atoms with Crippen molar-refractivity contribution < 1.29 is 5.11 Å². The van der Waals surface area contributed by atoms with Crippen LogP contribution in [0.1, 0.15) is 38.7 Å². The highest BCUT2D eigenvalue weighted by atomic mass is 127. The van der Waals surface area contributed by atoms with E-state index in [0.29, 0.717) is 0 Å². The van der Waals surface area contributed by atoms with Crippen LogP contribution in [-0.4, -0.2) is 15.1 Å². The lowest BCUT2D eigenvalue weighted by molar-refractivity contribution is 0.0742. The topological polar surface area (TPSA) is 48.9 Å². The van der Waals surface area contributed by atoms with E-state index in [2.05, 4.69) is 16.9 Å². The summed E-state index contributed by atoms with van der Waals surface area (Å²) in [5.41, 5.74) is -0.0233. The van der Waals surface area contributed by atoms with E-state index in [1.165, 1.54) is 0 Å². The summed E-state index contributed by atoms with van der Waals surface area (Å²) in [6.07, 6.45) is 3.71. The molecule has 0 fully saturated rings. The average Bonchev–Trinajstić information content (AvgIpc) is 2.35. The van der Waals surface area contributed by atoms with Gasteiger partial charge in [0.25, 0.3) is 0 Å². The predicted octanol–water partition coefficient (Wildman–Crippen LogP) is 2.21. The summed E-state index contributed by atoms with van der Waals surface area (Å²) in [5.74, 6) is 0.953. The molecular formula is C9H17IN2O. The van der Waals surface area contributed by atoms with E-state index in [0.717, 1.165) is 24.4 Å². The first-order valence-corrected chi connectivity index (χ1v) is 4.30. The van der Waals surface area contributed by atoms with Crippen molar-refractivity contribution in [1.29, 1.82) is 0 Å². The van der Waals surface area contributed by atoms with Crippen LogP contribution in [0.3, 0.4) is 0 Å². The van der Waals surface area contributed by atoms with Crippen molar-refractivity contribution in [1.82, 2.24) is 9.97 Å². The lowest BCUT2D eigenvalue weighted by Gasteiger charge is -2.13. The van der Waals surface area contributed by atoms with Crippen molar-refractivity contribution in [3.8, 4) is 0 Å². The van der Waals surface area contributed by atoms with Gasteiger partial charge in [-0.25, -0.2) is 4.98 Å². The quantitative estimate of drug-likeness (QED) is 0.840. The van der Waals surface area contributed by atoms with Gasteiger partial charge in [0.15, 0.2) is 0 Å². The molecule has 4 heteroatoms. The summed E-state index contributed by atoms with van der Waals surface area (Å²) in [6.45, 7) is 5.60. The lowest BCUT2D eigenvalue weighted by Crippen LogP contribution is -2.15. The Kier molecular flexibility index (Phi) is 4.91. The summed E-state index contributed by atoms with van der Waals surface area (Å²) in [7, 11) is 0. The van der Waals surface area contributed by atoms with Gasteiger partial charge in [-0.15, -0.1) is 24.0 Å². The molecule has 0 radical (unpaired) electrons. The number of hydrogen-bond acceptors (Lipinski definition) is 2. The van der Waals surface area contributed by atoms with E-state index in [1.54, 1.807) is 20.0 Å². The molecule has 13 heavy (non-hydrogen) atoms. The average molecular weight is 296 g/mol. The molecule has 2 N–H and O–H groups in total.